The Morgan fingerprint density at radius 3 is 2.81 bits per heavy atom. The summed E-state index contributed by atoms with van der Waals surface area (Å²) in [6, 6.07) is 0. The first kappa shape index (κ1) is 15.1. The minimum absolute atomic E-state index is 0.150. The molecule has 0 aromatic carbocycles. The zero-order valence-corrected chi connectivity index (χ0v) is 10.4. The van der Waals surface area contributed by atoms with Crippen molar-refractivity contribution in [1.82, 2.24) is 4.90 Å². The lowest BCUT2D eigenvalue weighted by atomic mass is 10.1. The molecular formula is C12H24N2O2. The first-order valence-electron chi connectivity index (χ1n) is 5.73. The van der Waals surface area contributed by atoms with Gasteiger partial charge in [-0.25, -0.2) is 0 Å². The van der Waals surface area contributed by atoms with Crippen LogP contribution in [-0.4, -0.2) is 44.2 Å². The molecule has 2 N–H and O–H groups in total. The normalized spacial score (nSPS) is 12.2. The third-order valence-corrected chi connectivity index (χ3v) is 2.52. The van der Waals surface area contributed by atoms with Gasteiger partial charge in [0, 0.05) is 26.6 Å². The Morgan fingerprint density at radius 2 is 2.31 bits per heavy atom. The van der Waals surface area contributed by atoms with E-state index in [-0.39, 0.29) is 5.91 Å². The molecule has 0 aromatic rings. The number of nitrogens with two attached hydrogens (primary N) is 1. The molecule has 0 aromatic heterocycles. The number of nitrogens with zero attached hydrogens (tertiary/aromatic N) is 1. The Bertz CT molecular complexity index is 207. The number of rotatable bonds is 9. The number of carbonyl (C=O) groups excluding carboxylic acids is 1. The summed E-state index contributed by atoms with van der Waals surface area (Å²) in [5, 5.41) is 0. The number of ether oxygens (including phenoxy) is 1. The van der Waals surface area contributed by atoms with E-state index in [1.165, 1.54) is 0 Å². The summed E-state index contributed by atoms with van der Waals surface area (Å²) in [7, 11) is 1.63. The zero-order chi connectivity index (χ0) is 12.4. The molecule has 0 saturated carbocycles. The maximum absolute atomic E-state index is 11.8. The third kappa shape index (κ3) is 6.58. The molecule has 0 saturated heterocycles. The van der Waals surface area contributed by atoms with Gasteiger partial charge in [-0.2, -0.15) is 0 Å². The van der Waals surface area contributed by atoms with Gasteiger partial charge in [-0.05, 0) is 18.9 Å². The van der Waals surface area contributed by atoms with E-state index in [0.29, 0.717) is 38.6 Å². The predicted molar refractivity (Wildman–Crippen MR) is 66.1 cm³/mol. The third-order valence-electron chi connectivity index (χ3n) is 2.52. The van der Waals surface area contributed by atoms with Crippen molar-refractivity contribution < 1.29 is 9.53 Å². The average molecular weight is 228 g/mol. The molecule has 0 heterocycles. The molecule has 0 rings (SSSR count). The lowest BCUT2D eigenvalue weighted by molar-refractivity contribution is -0.131. The molecule has 1 unspecified atom stereocenters. The molecule has 16 heavy (non-hydrogen) atoms. The minimum atomic E-state index is 0.150. The number of amides is 1. The topological polar surface area (TPSA) is 55.6 Å². The largest absolute Gasteiger partial charge is 0.383 e. The van der Waals surface area contributed by atoms with E-state index in [9.17, 15) is 4.79 Å². The van der Waals surface area contributed by atoms with E-state index >= 15 is 0 Å². The van der Waals surface area contributed by atoms with E-state index in [2.05, 4.69) is 13.5 Å². The molecule has 0 radical (unpaired) electrons. The number of methoxy groups -OCH3 is 1. The lowest BCUT2D eigenvalue weighted by Gasteiger charge is -2.21. The Morgan fingerprint density at radius 1 is 1.62 bits per heavy atom. The highest BCUT2D eigenvalue weighted by atomic mass is 16.5. The summed E-state index contributed by atoms with van der Waals surface area (Å²) in [5.41, 5.74) is 5.51. The van der Waals surface area contributed by atoms with Crippen LogP contribution in [0.1, 0.15) is 19.8 Å². The minimum Gasteiger partial charge on any atom is -0.383 e. The van der Waals surface area contributed by atoms with Crippen molar-refractivity contribution in [2.75, 3.05) is 33.4 Å². The van der Waals surface area contributed by atoms with Gasteiger partial charge in [-0.15, -0.1) is 6.58 Å². The van der Waals surface area contributed by atoms with Crippen molar-refractivity contribution in [2.24, 2.45) is 11.7 Å². The van der Waals surface area contributed by atoms with Crippen LogP contribution in [0.3, 0.4) is 0 Å². The second kappa shape index (κ2) is 9.36. The summed E-state index contributed by atoms with van der Waals surface area (Å²) in [5.74, 6) is 0.550. The van der Waals surface area contributed by atoms with Crippen molar-refractivity contribution >= 4 is 5.91 Å². The van der Waals surface area contributed by atoms with E-state index in [1.54, 1.807) is 18.1 Å². The molecule has 4 heteroatoms. The van der Waals surface area contributed by atoms with Gasteiger partial charge in [0.2, 0.25) is 5.91 Å². The lowest BCUT2D eigenvalue weighted by Crippen LogP contribution is -2.34. The fraction of sp³-hybridized carbons (Fsp3) is 0.750. The molecule has 1 atom stereocenters. The van der Waals surface area contributed by atoms with Crippen molar-refractivity contribution in [3.63, 3.8) is 0 Å². The molecule has 4 nitrogen and oxygen atoms in total. The summed E-state index contributed by atoms with van der Waals surface area (Å²) in [4.78, 5) is 13.6. The van der Waals surface area contributed by atoms with Crippen LogP contribution in [0.2, 0.25) is 0 Å². The van der Waals surface area contributed by atoms with Gasteiger partial charge in [0.15, 0.2) is 0 Å². The van der Waals surface area contributed by atoms with Crippen LogP contribution >= 0.6 is 0 Å². The van der Waals surface area contributed by atoms with Crippen LogP contribution in [0.5, 0.6) is 0 Å². The van der Waals surface area contributed by atoms with Crippen LogP contribution in [0.15, 0.2) is 12.7 Å². The molecule has 0 aliphatic rings. The SMILES string of the molecule is C=CCN(CCOC)C(=O)CCC(C)CN. The second-order valence-corrected chi connectivity index (χ2v) is 4.00. The van der Waals surface area contributed by atoms with Gasteiger partial charge in [0.1, 0.15) is 0 Å². The molecular weight excluding hydrogens is 204 g/mol. The van der Waals surface area contributed by atoms with Gasteiger partial charge >= 0.3 is 0 Å². The van der Waals surface area contributed by atoms with E-state index in [4.69, 9.17) is 10.5 Å². The molecule has 0 fully saturated rings. The van der Waals surface area contributed by atoms with Gasteiger partial charge in [0.05, 0.1) is 6.61 Å². The Labute approximate surface area is 98.4 Å². The van der Waals surface area contributed by atoms with Gasteiger partial charge in [-0.1, -0.05) is 13.0 Å². The highest BCUT2D eigenvalue weighted by molar-refractivity contribution is 5.76. The van der Waals surface area contributed by atoms with Crippen LogP contribution in [-0.2, 0) is 9.53 Å². The van der Waals surface area contributed by atoms with Gasteiger partial charge in [0.25, 0.3) is 0 Å². The van der Waals surface area contributed by atoms with Crippen molar-refractivity contribution in [1.29, 1.82) is 0 Å². The van der Waals surface area contributed by atoms with Crippen molar-refractivity contribution in [2.45, 2.75) is 19.8 Å². The zero-order valence-electron chi connectivity index (χ0n) is 10.4. The Kier molecular flexibility index (Phi) is 8.85. The van der Waals surface area contributed by atoms with Crippen LogP contribution in [0.4, 0.5) is 0 Å². The molecule has 94 valence electrons. The second-order valence-electron chi connectivity index (χ2n) is 4.00. The maximum atomic E-state index is 11.8. The quantitative estimate of drug-likeness (QED) is 0.599. The summed E-state index contributed by atoms with van der Waals surface area (Å²) in [6.45, 7) is 8.10. The molecule has 1 amide bonds. The fourth-order valence-corrected chi connectivity index (χ4v) is 1.32. The molecule has 0 aliphatic heterocycles. The highest BCUT2D eigenvalue weighted by Crippen LogP contribution is 2.06. The van der Waals surface area contributed by atoms with Crippen LogP contribution < -0.4 is 5.73 Å². The highest BCUT2D eigenvalue weighted by Gasteiger charge is 2.12. The predicted octanol–water partition coefficient (Wildman–Crippen LogP) is 1.02. The summed E-state index contributed by atoms with van der Waals surface area (Å²) in [6.07, 6.45) is 3.13. The van der Waals surface area contributed by atoms with E-state index in [1.807, 2.05) is 0 Å². The van der Waals surface area contributed by atoms with Crippen LogP contribution in [0, 0.1) is 5.92 Å². The Balaban J connectivity index is 4.00. The van der Waals surface area contributed by atoms with E-state index < -0.39 is 0 Å². The van der Waals surface area contributed by atoms with E-state index in [0.717, 1.165) is 6.42 Å². The standard InChI is InChI=1S/C12H24N2O2/c1-4-7-14(8-9-16-3)12(15)6-5-11(2)10-13/h4,11H,1,5-10,13H2,2-3H3. The van der Waals surface area contributed by atoms with Crippen molar-refractivity contribution in [3.05, 3.63) is 12.7 Å². The molecule has 0 aliphatic carbocycles. The molecule has 0 bridgehead atoms. The smallest absolute Gasteiger partial charge is 0.222 e. The van der Waals surface area contributed by atoms with Crippen molar-refractivity contribution in [3.8, 4) is 0 Å². The fourth-order valence-electron chi connectivity index (χ4n) is 1.32. The first-order chi connectivity index (χ1) is 7.65. The maximum Gasteiger partial charge on any atom is 0.222 e. The van der Waals surface area contributed by atoms with Gasteiger partial charge in [-0.3, -0.25) is 4.79 Å². The summed E-state index contributed by atoms with van der Waals surface area (Å²) < 4.78 is 4.97. The number of hydrogen-bond donors (Lipinski definition) is 1. The van der Waals surface area contributed by atoms with Crippen LogP contribution in [0.25, 0.3) is 0 Å². The number of hydrogen-bond acceptors (Lipinski definition) is 3. The molecule has 0 spiro atoms. The first-order valence-corrected chi connectivity index (χ1v) is 5.73. The number of carbonyl (C=O) groups is 1. The Hall–Kier alpha value is -0.870. The average Bonchev–Trinajstić information content (AvgIpc) is 2.30. The monoisotopic (exact) mass is 228 g/mol. The summed E-state index contributed by atoms with van der Waals surface area (Å²) >= 11 is 0. The van der Waals surface area contributed by atoms with Gasteiger partial charge < -0.3 is 15.4 Å².